The van der Waals surface area contributed by atoms with Crippen LogP contribution in [0.1, 0.15) is 25.1 Å². The molecule has 0 bridgehead atoms. The van der Waals surface area contributed by atoms with E-state index in [1.54, 1.807) is 18.7 Å². The van der Waals surface area contributed by atoms with Crippen LogP contribution in [0.4, 0.5) is 29.3 Å². The van der Waals surface area contributed by atoms with E-state index in [2.05, 4.69) is 31.3 Å². The summed E-state index contributed by atoms with van der Waals surface area (Å²) in [5.74, 6) is -0.548. The second-order valence-corrected chi connectivity index (χ2v) is 9.76. The van der Waals surface area contributed by atoms with Gasteiger partial charge in [-0.2, -0.15) is 22.7 Å². The Kier molecular flexibility index (Phi) is 7.61. The number of fused-ring (bicyclic) bond motifs is 1. The molecule has 1 fully saturated rings. The second-order valence-electron chi connectivity index (χ2n) is 8.64. The maximum absolute atomic E-state index is 13.5. The number of benzene rings is 1. The van der Waals surface area contributed by atoms with Gasteiger partial charge in [-0.05, 0) is 47.5 Å². The van der Waals surface area contributed by atoms with E-state index in [1.165, 1.54) is 9.47 Å². The van der Waals surface area contributed by atoms with Gasteiger partial charge in [0.1, 0.15) is 12.2 Å². The highest BCUT2D eigenvalue weighted by molar-refractivity contribution is 9.10. The minimum absolute atomic E-state index is 0.0129. The summed E-state index contributed by atoms with van der Waals surface area (Å²) in [6, 6.07) is 2.24. The van der Waals surface area contributed by atoms with Crippen molar-refractivity contribution in [3.05, 3.63) is 49.6 Å². The van der Waals surface area contributed by atoms with Crippen LogP contribution in [0.2, 0.25) is 5.02 Å². The van der Waals surface area contributed by atoms with E-state index in [4.69, 9.17) is 11.6 Å². The van der Waals surface area contributed by atoms with Gasteiger partial charge in [0.2, 0.25) is 16.4 Å². The summed E-state index contributed by atoms with van der Waals surface area (Å²) in [7, 11) is 0. The van der Waals surface area contributed by atoms with Crippen LogP contribution in [0.3, 0.4) is 0 Å². The summed E-state index contributed by atoms with van der Waals surface area (Å²) in [6.07, 6.45) is -5.33. The van der Waals surface area contributed by atoms with Crippen LogP contribution in [-0.2, 0) is 23.9 Å². The number of alkyl halides is 3. The first-order chi connectivity index (χ1) is 17.8. The zero-order chi connectivity index (χ0) is 27.9. The molecule has 0 spiro atoms. The number of hydrogen-bond acceptors (Lipinski definition) is 6. The summed E-state index contributed by atoms with van der Waals surface area (Å²) < 4.78 is 41.6. The smallest absolute Gasteiger partial charge is 0.416 e. The van der Waals surface area contributed by atoms with Crippen molar-refractivity contribution < 1.29 is 27.9 Å². The summed E-state index contributed by atoms with van der Waals surface area (Å²) in [6.45, 7) is 3.81. The van der Waals surface area contributed by atoms with E-state index in [1.807, 2.05) is 0 Å². The van der Waals surface area contributed by atoms with Gasteiger partial charge in [0.25, 0.3) is 5.56 Å². The Morgan fingerprint density at radius 2 is 2.00 bits per heavy atom. The summed E-state index contributed by atoms with van der Waals surface area (Å²) in [5.41, 5.74) is -0.720. The lowest BCUT2D eigenvalue weighted by atomic mass is 10.1. The van der Waals surface area contributed by atoms with Gasteiger partial charge in [-0.3, -0.25) is 9.59 Å². The van der Waals surface area contributed by atoms with Crippen molar-refractivity contribution in [1.82, 2.24) is 24.1 Å². The maximum atomic E-state index is 13.5. The van der Waals surface area contributed by atoms with Crippen LogP contribution in [-0.4, -0.2) is 66.8 Å². The van der Waals surface area contributed by atoms with Crippen molar-refractivity contribution in [2.75, 3.05) is 29.9 Å². The number of piperazine rings is 1. The number of amides is 2. The molecule has 11 nitrogen and oxygen atoms in total. The van der Waals surface area contributed by atoms with Gasteiger partial charge >= 0.3 is 12.3 Å². The number of nitrogens with one attached hydrogen (secondary N) is 1. The molecule has 2 amide bonds. The zero-order valence-corrected chi connectivity index (χ0v) is 22.4. The minimum Gasteiger partial charge on any atom is -0.465 e. The van der Waals surface area contributed by atoms with Crippen LogP contribution in [0.15, 0.2) is 27.7 Å². The Morgan fingerprint density at radius 3 is 2.58 bits per heavy atom. The number of aromatic nitrogens is 4. The van der Waals surface area contributed by atoms with E-state index in [0.717, 1.165) is 22.7 Å². The van der Waals surface area contributed by atoms with Crippen molar-refractivity contribution in [2.24, 2.45) is 0 Å². The maximum Gasteiger partial charge on any atom is 0.416 e. The molecular weight excluding hydrogens is 599 g/mol. The van der Waals surface area contributed by atoms with Crippen molar-refractivity contribution in [3.8, 4) is 0 Å². The van der Waals surface area contributed by atoms with Gasteiger partial charge in [0, 0.05) is 25.7 Å². The van der Waals surface area contributed by atoms with Gasteiger partial charge in [0.15, 0.2) is 0 Å². The van der Waals surface area contributed by atoms with Gasteiger partial charge in [0.05, 0.1) is 22.0 Å². The molecule has 0 radical (unpaired) electrons. The molecule has 4 rings (SSSR count). The predicted molar refractivity (Wildman–Crippen MR) is 136 cm³/mol. The third kappa shape index (κ3) is 5.29. The van der Waals surface area contributed by atoms with Crippen molar-refractivity contribution in [3.63, 3.8) is 0 Å². The summed E-state index contributed by atoms with van der Waals surface area (Å²) in [5, 5.41) is 15.7. The molecular formula is C22H22BrClF3N7O4. The largest absolute Gasteiger partial charge is 0.465 e. The number of carbonyl (C=O) groups is 2. The van der Waals surface area contributed by atoms with Gasteiger partial charge in [-0.25, -0.2) is 4.79 Å². The van der Waals surface area contributed by atoms with Crippen molar-refractivity contribution in [2.45, 2.75) is 39.0 Å². The molecule has 1 aliphatic rings. The molecule has 38 heavy (non-hydrogen) atoms. The molecule has 1 saturated heterocycles. The normalized spacial score (nSPS) is 16.2. The molecule has 1 aromatic carbocycles. The number of nitrogens with zero attached hydrogens (tertiary/aromatic N) is 6. The highest BCUT2D eigenvalue weighted by atomic mass is 79.9. The van der Waals surface area contributed by atoms with Gasteiger partial charge in [-0.15, -0.1) is 5.10 Å². The van der Waals surface area contributed by atoms with Crippen LogP contribution in [0.5, 0.6) is 0 Å². The third-order valence-corrected chi connectivity index (χ3v) is 6.84. The molecule has 0 saturated carbocycles. The highest BCUT2D eigenvalue weighted by Gasteiger charge is 2.33. The monoisotopic (exact) mass is 619 g/mol. The van der Waals surface area contributed by atoms with Crippen LogP contribution in [0.25, 0.3) is 5.78 Å². The highest BCUT2D eigenvalue weighted by Crippen LogP contribution is 2.34. The number of carbonyl (C=O) groups excluding carboxylic acids is 1. The van der Waals surface area contributed by atoms with E-state index in [9.17, 15) is 32.7 Å². The number of halogens is 5. The molecule has 2 aromatic heterocycles. The van der Waals surface area contributed by atoms with E-state index < -0.39 is 29.3 Å². The lowest BCUT2D eigenvalue weighted by molar-refractivity contribution is -0.137. The molecule has 3 aromatic rings. The lowest BCUT2D eigenvalue weighted by Crippen LogP contribution is -2.55. The Morgan fingerprint density at radius 1 is 1.29 bits per heavy atom. The number of carboxylic acid groups (broad SMARTS) is 1. The molecule has 2 N–H and O–H groups in total. The Labute approximate surface area is 226 Å². The fourth-order valence-corrected chi connectivity index (χ4v) is 5.01. The first-order valence-electron chi connectivity index (χ1n) is 11.4. The second kappa shape index (κ2) is 10.4. The fourth-order valence-electron chi connectivity index (χ4n) is 4.47. The Balaban J connectivity index is 1.73. The number of rotatable bonds is 5. The van der Waals surface area contributed by atoms with E-state index >= 15 is 0 Å². The Hall–Kier alpha value is -3.33. The molecule has 204 valence electrons. The topological polar surface area (TPSA) is 125 Å². The first-order valence-corrected chi connectivity index (χ1v) is 12.6. The lowest BCUT2D eigenvalue weighted by Gasteiger charge is -2.40. The molecule has 16 heteroatoms. The fraction of sp³-hybridized carbons (Fsp3) is 0.409. The average Bonchev–Trinajstić information content (AvgIpc) is 3.23. The Bertz CT molecular complexity index is 1480. The SMILES string of the molecule is CCc1c(N2CCN(C(=O)O)C[C@H]2C)c(=O)n2nc(Br)nc2n1CC(=O)Nc1ccc(C(F)(F)F)cc1Cl. The van der Waals surface area contributed by atoms with Crippen LogP contribution >= 0.6 is 27.5 Å². The standard InChI is InChI=1S/C22H22BrClF3N7O4/c1-3-15-17(32-7-6-31(21(37)38)9-11(32)2)18(36)34-20(29-19(23)30-34)33(15)10-16(35)28-14-5-4-12(8-13(14)24)22(25,26)27/h4-5,8,11H,3,6-7,9-10H2,1-2H3,(H,28,35)(H,37,38)/t11-/m1/s1. The summed E-state index contributed by atoms with van der Waals surface area (Å²) >= 11 is 9.15. The summed E-state index contributed by atoms with van der Waals surface area (Å²) in [4.78, 5) is 45.3. The molecule has 1 atom stereocenters. The van der Waals surface area contributed by atoms with Crippen LogP contribution in [0, 0.1) is 0 Å². The van der Waals surface area contributed by atoms with Gasteiger partial charge < -0.3 is 24.8 Å². The molecule has 3 heterocycles. The van der Waals surface area contributed by atoms with Gasteiger partial charge in [-0.1, -0.05) is 18.5 Å². The molecule has 0 unspecified atom stereocenters. The molecule has 0 aliphatic carbocycles. The van der Waals surface area contributed by atoms with Crippen molar-refractivity contribution in [1.29, 1.82) is 0 Å². The zero-order valence-electron chi connectivity index (χ0n) is 20.1. The quantitative estimate of drug-likeness (QED) is 0.446. The van der Waals surface area contributed by atoms with E-state index in [0.29, 0.717) is 12.1 Å². The number of anilines is 2. The average molecular weight is 621 g/mol. The van der Waals surface area contributed by atoms with Crippen molar-refractivity contribution >= 4 is 56.7 Å². The molecule has 1 aliphatic heterocycles. The third-order valence-electron chi connectivity index (χ3n) is 6.19. The predicted octanol–water partition coefficient (Wildman–Crippen LogP) is 3.72. The minimum atomic E-state index is -4.59. The first kappa shape index (κ1) is 27.7. The van der Waals surface area contributed by atoms with Crippen LogP contribution < -0.4 is 15.8 Å². The number of hydrogen-bond donors (Lipinski definition) is 2. The van der Waals surface area contributed by atoms with E-state index in [-0.39, 0.29) is 59.1 Å².